The van der Waals surface area contributed by atoms with Crippen molar-refractivity contribution in [1.82, 2.24) is 10.2 Å². The van der Waals surface area contributed by atoms with Crippen LogP contribution >= 0.6 is 0 Å². The van der Waals surface area contributed by atoms with E-state index in [2.05, 4.69) is 102 Å². The van der Waals surface area contributed by atoms with Crippen LogP contribution in [0.25, 0.3) is 22.3 Å². The molecule has 0 aromatic heterocycles. The number of amides is 1. The summed E-state index contributed by atoms with van der Waals surface area (Å²) in [6.45, 7) is 0.360. The summed E-state index contributed by atoms with van der Waals surface area (Å²) in [6, 6.07) is 38.1. The molecular weight excluding hydrogens is 392 g/mol. The van der Waals surface area contributed by atoms with E-state index in [1.807, 2.05) is 24.1 Å². The lowest BCUT2D eigenvalue weighted by molar-refractivity contribution is -0.126. The van der Waals surface area contributed by atoms with Gasteiger partial charge in [0.25, 0.3) is 0 Å². The molecule has 32 heavy (non-hydrogen) atoms. The van der Waals surface area contributed by atoms with Crippen molar-refractivity contribution in [3.8, 4) is 22.3 Å². The molecule has 1 aliphatic rings. The van der Waals surface area contributed by atoms with Gasteiger partial charge in [0.05, 0.1) is 12.7 Å². The van der Waals surface area contributed by atoms with Gasteiger partial charge < -0.3 is 4.90 Å². The number of benzene rings is 4. The average Bonchev–Trinajstić information content (AvgIpc) is 3.19. The summed E-state index contributed by atoms with van der Waals surface area (Å²) in [6.07, 6.45) is -0.128. The van der Waals surface area contributed by atoms with E-state index in [4.69, 9.17) is 0 Å². The quantitative estimate of drug-likeness (QED) is 0.461. The Hall–Kier alpha value is -3.69. The van der Waals surface area contributed by atoms with E-state index < -0.39 is 0 Å². The van der Waals surface area contributed by atoms with Gasteiger partial charge in [0.1, 0.15) is 0 Å². The summed E-state index contributed by atoms with van der Waals surface area (Å²) in [5.41, 5.74) is 7.16. The van der Waals surface area contributed by atoms with E-state index in [0.717, 1.165) is 0 Å². The standard InChI is InChI=1S/C29H26N2O/c1-31-27(32)20-30-29(31)28(25-18-10-8-16-23(25)21-12-4-2-5-13-21)26-19-11-9-17-24(26)22-14-6-3-7-15-22/h2-19,28-30H,20H2,1H3. The van der Waals surface area contributed by atoms with E-state index in [0.29, 0.717) is 6.54 Å². The van der Waals surface area contributed by atoms with Crippen LogP contribution in [-0.4, -0.2) is 30.6 Å². The van der Waals surface area contributed by atoms with Gasteiger partial charge in [0.15, 0.2) is 0 Å². The molecule has 5 rings (SSSR count). The van der Waals surface area contributed by atoms with Crippen LogP contribution in [0.5, 0.6) is 0 Å². The second kappa shape index (κ2) is 8.81. The highest BCUT2D eigenvalue weighted by Crippen LogP contribution is 2.41. The molecule has 1 saturated heterocycles. The molecule has 1 fully saturated rings. The normalized spacial score (nSPS) is 16.0. The Balaban J connectivity index is 1.74. The molecule has 1 N–H and O–H groups in total. The summed E-state index contributed by atoms with van der Waals surface area (Å²) in [5.74, 6) is 0.0913. The zero-order valence-electron chi connectivity index (χ0n) is 18.1. The van der Waals surface area contributed by atoms with Gasteiger partial charge in [-0.2, -0.15) is 0 Å². The topological polar surface area (TPSA) is 32.3 Å². The summed E-state index contributed by atoms with van der Waals surface area (Å²) in [5, 5.41) is 3.49. The highest BCUT2D eigenvalue weighted by molar-refractivity contribution is 5.81. The third-order valence-corrected chi connectivity index (χ3v) is 6.35. The molecule has 0 spiro atoms. The van der Waals surface area contributed by atoms with Crippen molar-refractivity contribution in [2.45, 2.75) is 12.1 Å². The molecular formula is C29H26N2O. The maximum Gasteiger partial charge on any atom is 0.237 e. The zero-order valence-corrected chi connectivity index (χ0v) is 18.1. The molecule has 1 amide bonds. The van der Waals surface area contributed by atoms with Crippen LogP contribution in [0.4, 0.5) is 0 Å². The van der Waals surface area contributed by atoms with Gasteiger partial charge in [-0.05, 0) is 33.4 Å². The lowest BCUT2D eigenvalue weighted by Crippen LogP contribution is -2.40. The van der Waals surface area contributed by atoms with Crippen LogP contribution in [-0.2, 0) is 4.79 Å². The van der Waals surface area contributed by atoms with Crippen molar-refractivity contribution in [3.63, 3.8) is 0 Å². The van der Waals surface area contributed by atoms with E-state index in [1.165, 1.54) is 33.4 Å². The molecule has 0 aliphatic carbocycles. The number of rotatable bonds is 5. The SMILES string of the molecule is CN1C(=O)CNC1C(c1ccccc1-c1ccccc1)c1ccccc1-c1ccccc1. The van der Waals surface area contributed by atoms with Gasteiger partial charge >= 0.3 is 0 Å². The van der Waals surface area contributed by atoms with E-state index >= 15 is 0 Å². The lowest BCUT2D eigenvalue weighted by atomic mass is 9.80. The molecule has 0 saturated carbocycles. The number of hydrogen-bond donors (Lipinski definition) is 1. The predicted octanol–water partition coefficient (Wildman–Crippen LogP) is 5.54. The van der Waals surface area contributed by atoms with Crippen molar-refractivity contribution in [3.05, 3.63) is 120 Å². The number of carbonyl (C=O) groups is 1. The van der Waals surface area contributed by atoms with Crippen LogP contribution in [0.3, 0.4) is 0 Å². The molecule has 3 heteroatoms. The molecule has 1 aliphatic heterocycles. The Morgan fingerprint density at radius 3 is 1.56 bits per heavy atom. The van der Waals surface area contributed by atoms with Crippen LogP contribution < -0.4 is 5.32 Å². The van der Waals surface area contributed by atoms with Gasteiger partial charge in [-0.3, -0.25) is 10.1 Å². The van der Waals surface area contributed by atoms with Gasteiger partial charge in [-0.1, -0.05) is 109 Å². The minimum atomic E-state index is -0.128. The fourth-order valence-corrected chi connectivity index (χ4v) is 4.76. The van der Waals surface area contributed by atoms with E-state index in [1.54, 1.807) is 0 Å². The summed E-state index contributed by atoms with van der Waals surface area (Å²) < 4.78 is 0. The maximum absolute atomic E-state index is 12.5. The number of hydrogen-bond acceptors (Lipinski definition) is 2. The molecule has 1 unspecified atom stereocenters. The largest absolute Gasteiger partial charge is 0.328 e. The highest BCUT2D eigenvalue weighted by Gasteiger charge is 2.37. The first kappa shape index (κ1) is 20.2. The summed E-state index contributed by atoms with van der Waals surface area (Å²) in [4.78, 5) is 14.4. The van der Waals surface area contributed by atoms with Crippen molar-refractivity contribution in [1.29, 1.82) is 0 Å². The molecule has 158 valence electrons. The summed E-state index contributed by atoms with van der Waals surface area (Å²) in [7, 11) is 1.90. The first-order valence-corrected chi connectivity index (χ1v) is 11.0. The van der Waals surface area contributed by atoms with Gasteiger partial charge in [0.2, 0.25) is 5.91 Å². The molecule has 1 atom stereocenters. The molecule has 4 aromatic rings. The molecule has 0 bridgehead atoms. The Morgan fingerprint density at radius 2 is 1.12 bits per heavy atom. The van der Waals surface area contributed by atoms with E-state index in [9.17, 15) is 4.79 Å². The summed E-state index contributed by atoms with van der Waals surface area (Å²) >= 11 is 0. The first-order chi connectivity index (χ1) is 15.7. The van der Waals surface area contributed by atoms with Crippen molar-refractivity contribution >= 4 is 5.91 Å². The number of nitrogens with zero attached hydrogens (tertiary/aromatic N) is 1. The maximum atomic E-state index is 12.5. The van der Waals surface area contributed by atoms with Crippen LogP contribution in [0.2, 0.25) is 0 Å². The van der Waals surface area contributed by atoms with Crippen LogP contribution in [0.1, 0.15) is 17.0 Å². The average molecular weight is 419 g/mol. The molecule has 3 nitrogen and oxygen atoms in total. The van der Waals surface area contributed by atoms with Crippen molar-refractivity contribution in [2.24, 2.45) is 0 Å². The minimum Gasteiger partial charge on any atom is -0.328 e. The van der Waals surface area contributed by atoms with E-state index in [-0.39, 0.29) is 18.0 Å². The number of nitrogens with one attached hydrogen (secondary N) is 1. The Labute approximate surface area is 189 Å². The van der Waals surface area contributed by atoms with Gasteiger partial charge in [0, 0.05) is 13.0 Å². The Bertz CT molecular complexity index is 1140. The van der Waals surface area contributed by atoms with Crippen molar-refractivity contribution < 1.29 is 4.79 Å². The van der Waals surface area contributed by atoms with Gasteiger partial charge in [-0.25, -0.2) is 0 Å². The Morgan fingerprint density at radius 1 is 0.688 bits per heavy atom. The molecule has 4 aromatic carbocycles. The second-order valence-corrected chi connectivity index (χ2v) is 8.21. The lowest BCUT2D eigenvalue weighted by Gasteiger charge is -2.32. The van der Waals surface area contributed by atoms with Crippen molar-refractivity contribution in [2.75, 3.05) is 13.6 Å². The highest BCUT2D eigenvalue weighted by atomic mass is 16.2. The Kier molecular flexibility index (Phi) is 5.57. The minimum absolute atomic E-state index is 0.0285. The van der Waals surface area contributed by atoms with Crippen LogP contribution in [0, 0.1) is 0 Å². The predicted molar refractivity (Wildman–Crippen MR) is 130 cm³/mol. The molecule has 1 heterocycles. The first-order valence-electron chi connectivity index (χ1n) is 11.0. The number of likely N-dealkylation sites (N-methyl/N-ethyl adjacent to an activating group) is 1. The zero-order chi connectivity index (χ0) is 21.9. The van der Waals surface area contributed by atoms with Gasteiger partial charge in [-0.15, -0.1) is 0 Å². The molecule has 0 radical (unpaired) electrons. The fraction of sp³-hybridized carbons (Fsp3) is 0.138. The second-order valence-electron chi connectivity index (χ2n) is 8.21. The van der Waals surface area contributed by atoms with Crippen LogP contribution in [0.15, 0.2) is 109 Å². The monoisotopic (exact) mass is 418 g/mol. The third kappa shape index (κ3) is 3.72. The fourth-order valence-electron chi connectivity index (χ4n) is 4.76. The smallest absolute Gasteiger partial charge is 0.237 e. The third-order valence-electron chi connectivity index (χ3n) is 6.35. The number of carbonyl (C=O) groups excluding carboxylic acids is 1.